The zero-order chi connectivity index (χ0) is 21.7. The average molecular weight is 434 g/mol. The summed E-state index contributed by atoms with van der Waals surface area (Å²) in [7, 11) is 0. The van der Waals surface area contributed by atoms with Gasteiger partial charge in [0.15, 0.2) is 0 Å². The van der Waals surface area contributed by atoms with E-state index in [9.17, 15) is 14.0 Å². The fraction of sp³-hybridized carbons (Fsp3) is 0.167. The van der Waals surface area contributed by atoms with E-state index in [1.54, 1.807) is 6.20 Å². The molecule has 2 aliphatic rings. The number of carbonyl (C=O) groups excluding carboxylic acids is 2. The monoisotopic (exact) mass is 433 g/mol. The topological polar surface area (TPSA) is 62.6 Å². The van der Waals surface area contributed by atoms with Crippen LogP contribution >= 0.6 is 11.6 Å². The molecular formula is C24H17ClFN3O2. The van der Waals surface area contributed by atoms with E-state index in [1.807, 2.05) is 31.2 Å². The lowest BCUT2D eigenvalue weighted by atomic mass is 9.90. The van der Waals surface area contributed by atoms with E-state index in [1.165, 1.54) is 23.1 Å². The highest BCUT2D eigenvalue weighted by Gasteiger charge is 2.33. The third kappa shape index (κ3) is 3.43. The Bertz CT molecular complexity index is 1300. The summed E-state index contributed by atoms with van der Waals surface area (Å²) in [6, 6.07) is 11.8. The molecule has 7 heteroatoms. The molecule has 5 rings (SSSR count). The number of aliphatic imine (C=N–C) groups is 1. The minimum atomic E-state index is -0.541. The van der Waals surface area contributed by atoms with E-state index < -0.39 is 5.82 Å². The zero-order valence-corrected chi connectivity index (χ0v) is 17.4. The van der Waals surface area contributed by atoms with Crippen molar-refractivity contribution in [2.24, 2.45) is 4.99 Å². The van der Waals surface area contributed by atoms with Crippen LogP contribution in [0.3, 0.4) is 0 Å². The Hall–Kier alpha value is -3.38. The molecule has 0 N–H and O–H groups in total. The Morgan fingerprint density at radius 1 is 1.06 bits per heavy atom. The van der Waals surface area contributed by atoms with Crippen molar-refractivity contribution in [2.45, 2.75) is 26.4 Å². The van der Waals surface area contributed by atoms with Gasteiger partial charge in [-0.15, -0.1) is 0 Å². The van der Waals surface area contributed by atoms with Crippen LogP contribution in [-0.2, 0) is 24.3 Å². The summed E-state index contributed by atoms with van der Waals surface area (Å²) in [5, 5.41) is -0.0406. The minimum Gasteiger partial charge on any atom is -0.279 e. The van der Waals surface area contributed by atoms with Gasteiger partial charge in [-0.2, -0.15) is 0 Å². The van der Waals surface area contributed by atoms with E-state index in [4.69, 9.17) is 11.6 Å². The maximum absolute atomic E-state index is 13.5. The first-order valence-electron chi connectivity index (χ1n) is 9.83. The van der Waals surface area contributed by atoms with Gasteiger partial charge in [-0.3, -0.25) is 24.5 Å². The van der Waals surface area contributed by atoms with E-state index in [2.05, 4.69) is 9.98 Å². The SMILES string of the molecule is Cc1cc(C2=NCc3cc4c(cc32)C(=O)N(Cc2ccc(F)c(Cl)c2)C(=O)C4)ccn1. The highest BCUT2D eigenvalue weighted by molar-refractivity contribution is 6.30. The third-order valence-electron chi connectivity index (χ3n) is 5.60. The molecule has 2 amide bonds. The van der Waals surface area contributed by atoms with Crippen LogP contribution in [0.5, 0.6) is 0 Å². The van der Waals surface area contributed by atoms with Crippen molar-refractivity contribution in [1.82, 2.24) is 9.88 Å². The molecule has 3 aromatic rings. The fourth-order valence-corrected chi connectivity index (χ4v) is 4.28. The number of fused-ring (bicyclic) bond motifs is 2. The Morgan fingerprint density at radius 2 is 1.90 bits per heavy atom. The highest BCUT2D eigenvalue weighted by Crippen LogP contribution is 2.31. The van der Waals surface area contributed by atoms with Crippen molar-refractivity contribution < 1.29 is 14.0 Å². The van der Waals surface area contributed by atoms with E-state index in [0.717, 1.165) is 28.1 Å². The largest absolute Gasteiger partial charge is 0.279 e. The highest BCUT2D eigenvalue weighted by atomic mass is 35.5. The van der Waals surface area contributed by atoms with Crippen LogP contribution in [0.25, 0.3) is 0 Å². The van der Waals surface area contributed by atoms with Gasteiger partial charge in [0.25, 0.3) is 5.91 Å². The number of rotatable bonds is 3. The Labute approximate surface area is 183 Å². The number of hydrogen-bond donors (Lipinski definition) is 0. The molecular weight excluding hydrogens is 417 g/mol. The first-order chi connectivity index (χ1) is 14.9. The molecule has 0 saturated heterocycles. The van der Waals surface area contributed by atoms with E-state index >= 15 is 0 Å². The smallest absolute Gasteiger partial charge is 0.261 e. The number of benzene rings is 2. The van der Waals surface area contributed by atoms with Gasteiger partial charge in [-0.25, -0.2) is 4.39 Å². The van der Waals surface area contributed by atoms with Crippen LogP contribution in [0.4, 0.5) is 4.39 Å². The first kappa shape index (κ1) is 19.6. The summed E-state index contributed by atoms with van der Waals surface area (Å²) < 4.78 is 13.5. The maximum Gasteiger partial charge on any atom is 0.261 e. The average Bonchev–Trinajstić information content (AvgIpc) is 3.15. The number of hydrogen-bond acceptors (Lipinski definition) is 4. The Balaban J connectivity index is 1.50. The molecule has 5 nitrogen and oxygen atoms in total. The predicted molar refractivity (Wildman–Crippen MR) is 115 cm³/mol. The molecule has 3 heterocycles. The third-order valence-corrected chi connectivity index (χ3v) is 5.89. The summed E-state index contributed by atoms with van der Waals surface area (Å²) in [5.41, 5.74) is 6.36. The lowest BCUT2D eigenvalue weighted by molar-refractivity contribution is -0.128. The van der Waals surface area contributed by atoms with Crippen LogP contribution in [0.1, 0.15) is 43.9 Å². The molecule has 0 spiro atoms. The number of pyridine rings is 1. The fourth-order valence-electron chi connectivity index (χ4n) is 4.08. The molecule has 2 aliphatic heterocycles. The maximum atomic E-state index is 13.5. The van der Waals surface area contributed by atoms with Crippen molar-refractivity contribution in [3.63, 3.8) is 0 Å². The zero-order valence-electron chi connectivity index (χ0n) is 16.7. The number of aryl methyl sites for hydroxylation is 1. The predicted octanol–water partition coefficient (Wildman–Crippen LogP) is 4.26. The lowest BCUT2D eigenvalue weighted by Gasteiger charge is -2.27. The molecule has 1 aromatic heterocycles. The number of nitrogens with zero attached hydrogens (tertiary/aromatic N) is 3. The summed E-state index contributed by atoms with van der Waals surface area (Å²) in [4.78, 5) is 36.0. The summed E-state index contributed by atoms with van der Waals surface area (Å²) >= 11 is 5.85. The van der Waals surface area contributed by atoms with Crippen LogP contribution in [0, 0.1) is 12.7 Å². The molecule has 0 radical (unpaired) electrons. The van der Waals surface area contributed by atoms with Crippen LogP contribution in [-0.4, -0.2) is 27.4 Å². The van der Waals surface area contributed by atoms with Gasteiger partial charge in [-0.05, 0) is 53.9 Å². The van der Waals surface area contributed by atoms with Gasteiger partial charge in [0.1, 0.15) is 5.82 Å². The minimum absolute atomic E-state index is 0.0404. The molecule has 0 aliphatic carbocycles. The van der Waals surface area contributed by atoms with Gasteiger partial charge in [-0.1, -0.05) is 23.7 Å². The Morgan fingerprint density at radius 3 is 2.68 bits per heavy atom. The van der Waals surface area contributed by atoms with Crippen molar-refractivity contribution in [1.29, 1.82) is 0 Å². The van der Waals surface area contributed by atoms with Gasteiger partial charge in [0, 0.05) is 28.6 Å². The van der Waals surface area contributed by atoms with Crippen LogP contribution in [0.15, 0.2) is 53.7 Å². The van der Waals surface area contributed by atoms with E-state index in [-0.39, 0.29) is 29.8 Å². The van der Waals surface area contributed by atoms with Gasteiger partial charge < -0.3 is 0 Å². The molecule has 2 aromatic carbocycles. The summed E-state index contributed by atoms with van der Waals surface area (Å²) in [6.45, 7) is 2.47. The quantitative estimate of drug-likeness (QED) is 0.580. The Kier molecular flexibility index (Phi) is 4.67. The van der Waals surface area contributed by atoms with Gasteiger partial charge >= 0.3 is 0 Å². The number of carbonyl (C=O) groups is 2. The van der Waals surface area contributed by atoms with Crippen LogP contribution in [0.2, 0.25) is 5.02 Å². The molecule has 0 saturated carbocycles. The summed E-state index contributed by atoms with van der Waals surface area (Å²) in [5.74, 6) is -1.20. The number of imide groups is 1. The molecule has 0 atom stereocenters. The second-order valence-electron chi connectivity index (χ2n) is 7.73. The second-order valence-corrected chi connectivity index (χ2v) is 8.13. The molecule has 154 valence electrons. The van der Waals surface area contributed by atoms with E-state index in [0.29, 0.717) is 23.2 Å². The van der Waals surface area contributed by atoms with Crippen LogP contribution < -0.4 is 0 Å². The summed E-state index contributed by atoms with van der Waals surface area (Å²) in [6.07, 6.45) is 1.87. The van der Waals surface area contributed by atoms with Crippen molar-refractivity contribution in [2.75, 3.05) is 0 Å². The van der Waals surface area contributed by atoms with Gasteiger partial charge in [0.2, 0.25) is 5.91 Å². The first-order valence-corrected chi connectivity index (χ1v) is 10.2. The molecule has 31 heavy (non-hydrogen) atoms. The van der Waals surface area contributed by atoms with Gasteiger partial charge in [0.05, 0.1) is 30.2 Å². The van der Waals surface area contributed by atoms with Crippen molar-refractivity contribution in [3.05, 3.63) is 98.6 Å². The number of aromatic nitrogens is 1. The number of amides is 2. The van der Waals surface area contributed by atoms with Crippen molar-refractivity contribution >= 4 is 29.1 Å². The molecule has 0 unspecified atom stereocenters. The lowest BCUT2D eigenvalue weighted by Crippen LogP contribution is -2.41. The van der Waals surface area contributed by atoms with Crippen molar-refractivity contribution in [3.8, 4) is 0 Å². The normalized spacial score (nSPS) is 15.1. The molecule has 0 fully saturated rings. The second kappa shape index (κ2) is 7.39. The number of halogens is 2. The standard InChI is InChI=1S/C24H17ClFN3O2/c1-13-6-15(4-5-27-13)23-18-10-19-16(8-17(18)11-28-23)9-22(30)29(24(19)31)12-14-2-3-21(26)20(25)7-14/h2-8,10H,9,11-12H2,1H3. The molecule has 0 bridgehead atoms.